The Labute approximate surface area is 88.8 Å². The number of ether oxygens (including phenoxy) is 1. The van der Waals surface area contributed by atoms with Crippen molar-refractivity contribution in [2.45, 2.75) is 12.8 Å². The van der Waals surface area contributed by atoms with Crippen LogP contribution < -0.4 is 10.5 Å². The molecule has 0 saturated heterocycles. The van der Waals surface area contributed by atoms with Gasteiger partial charge in [-0.2, -0.15) is 0 Å². The lowest BCUT2D eigenvalue weighted by Gasteiger charge is -2.13. The van der Waals surface area contributed by atoms with Crippen molar-refractivity contribution in [1.82, 2.24) is 0 Å². The molecule has 2 aromatic rings. The summed E-state index contributed by atoms with van der Waals surface area (Å²) < 4.78 is 10.6. The maximum Gasteiger partial charge on any atom is 0.137 e. The minimum absolute atomic E-state index is 0.291. The van der Waals surface area contributed by atoms with Crippen LogP contribution in [0.3, 0.4) is 0 Å². The van der Waals surface area contributed by atoms with Crippen molar-refractivity contribution in [3.8, 4) is 5.75 Å². The molecule has 3 nitrogen and oxygen atoms in total. The van der Waals surface area contributed by atoms with Crippen LogP contribution in [0.2, 0.25) is 0 Å². The van der Waals surface area contributed by atoms with Gasteiger partial charge < -0.3 is 14.9 Å². The van der Waals surface area contributed by atoms with Crippen LogP contribution >= 0.6 is 0 Å². The van der Waals surface area contributed by atoms with Gasteiger partial charge in [0.1, 0.15) is 11.3 Å². The molecular weight excluding hydrogens is 190 g/mol. The molecule has 2 rings (SSSR count). The maximum absolute atomic E-state index is 5.67. The maximum atomic E-state index is 5.67. The second kappa shape index (κ2) is 3.95. The molecule has 1 aromatic heterocycles. The summed E-state index contributed by atoms with van der Waals surface area (Å²) >= 11 is 0. The van der Waals surface area contributed by atoms with Gasteiger partial charge in [0, 0.05) is 11.5 Å². The molecule has 0 aliphatic rings. The zero-order valence-electron chi connectivity index (χ0n) is 8.99. The molecule has 0 radical (unpaired) electrons. The number of fused-ring (bicyclic) bond motifs is 1. The lowest BCUT2D eigenvalue weighted by Crippen LogP contribution is -2.09. The van der Waals surface area contributed by atoms with Crippen LogP contribution in [0.25, 0.3) is 11.0 Å². The summed E-state index contributed by atoms with van der Waals surface area (Å²) in [7, 11) is 1.66. The Hall–Kier alpha value is -1.48. The summed E-state index contributed by atoms with van der Waals surface area (Å²) in [5.74, 6) is 1.13. The Morgan fingerprint density at radius 1 is 1.47 bits per heavy atom. The van der Waals surface area contributed by atoms with Crippen LogP contribution in [0.5, 0.6) is 5.75 Å². The predicted octanol–water partition coefficient (Wildman–Crippen LogP) is 2.50. The SMILES string of the molecule is COc1cc2occc2cc1C(C)CN. The molecule has 1 atom stereocenters. The van der Waals surface area contributed by atoms with E-state index in [1.54, 1.807) is 13.4 Å². The highest BCUT2D eigenvalue weighted by Crippen LogP contribution is 2.31. The van der Waals surface area contributed by atoms with Gasteiger partial charge in [-0.05, 0) is 30.2 Å². The van der Waals surface area contributed by atoms with Crippen LogP contribution in [0.1, 0.15) is 18.4 Å². The number of hydrogen-bond donors (Lipinski definition) is 1. The van der Waals surface area contributed by atoms with E-state index in [-0.39, 0.29) is 0 Å². The number of rotatable bonds is 3. The van der Waals surface area contributed by atoms with E-state index in [9.17, 15) is 0 Å². The Bertz CT molecular complexity index is 462. The largest absolute Gasteiger partial charge is 0.496 e. The van der Waals surface area contributed by atoms with Gasteiger partial charge in [0.2, 0.25) is 0 Å². The van der Waals surface area contributed by atoms with E-state index in [0.29, 0.717) is 12.5 Å². The number of hydrogen-bond acceptors (Lipinski definition) is 3. The highest BCUT2D eigenvalue weighted by atomic mass is 16.5. The van der Waals surface area contributed by atoms with E-state index in [0.717, 1.165) is 22.3 Å². The van der Waals surface area contributed by atoms with Gasteiger partial charge in [-0.15, -0.1) is 0 Å². The smallest absolute Gasteiger partial charge is 0.137 e. The number of benzene rings is 1. The number of furan rings is 1. The fraction of sp³-hybridized carbons (Fsp3) is 0.333. The Kier molecular flexibility index (Phi) is 2.64. The van der Waals surface area contributed by atoms with E-state index in [1.807, 2.05) is 12.1 Å². The zero-order chi connectivity index (χ0) is 10.8. The molecule has 1 heterocycles. The molecule has 3 heteroatoms. The summed E-state index contributed by atoms with van der Waals surface area (Å²) in [5, 5.41) is 1.09. The molecule has 0 aliphatic heterocycles. The van der Waals surface area contributed by atoms with Crippen LogP contribution in [0, 0.1) is 0 Å². The summed E-state index contributed by atoms with van der Waals surface area (Å²) in [5.41, 5.74) is 7.65. The van der Waals surface area contributed by atoms with Crippen molar-refractivity contribution in [3.63, 3.8) is 0 Å². The lowest BCUT2D eigenvalue weighted by atomic mass is 9.99. The van der Waals surface area contributed by atoms with E-state index >= 15 is 0 Å². The highest BCUT2D eigenvalue weighted by Gasteiger charge is 2.12. The van der Waals surface area contributed by atoms with Crippen molar-refractivity contribution >= 4 is 11.0 Å². The highest BCUT2D eigenvalue weighted by molar-refractivity contribution is 5.80. The van der Waals surface area contributed by atoms with Crippen molar-refractivity contribution in [2.75, 3.05) is 13.7 Å². The van der Waals surface area contributed by atoms with Gasteiger partial charge >= 0.3 is 0 Å². The van der Waals surface area contributed by atoms with Crippen LogP contribution in [0.15, 0.2) is 28.9 Å². The Morgan fingerprint density at radius 2 is 2.27 bits per heavy atom. The van der Waals surface area contributed by atoms with Crippen molar-refractivity contribution in [3.05, 3.63) is 30.0 Å². The normalized spacial score (nSPS) is 13.0. The molecule has 2 N–H and O–H groups in total. The molecule has 0 spiro atoms. The quantitative estimate of drug-likeness (QED) is 0.837. The molecule has 1 aromatic carbocycles. The molecule has 0 fully saturated rings. The van der Waals surface area contributed by atoms with Gasteiger partial charge in [0.05, 0.1) is 13.4 Å². The van der Waals surface area contributed by atoms with E-state index in [2.05, 4.69) is 13.0 Å². The second-order valence-electron chi connectivity index (χ2n) is 3.69. The van der Waals surface area contributed by atoms with E-state index in [4.69, 9.17) is 14.9 Å². The van der Waals surface area contributed by atoms with E-state index < -0.39 is 0 Å². The summed E-state index contributed by atoms with van der Waals surface area (Å²) in [6.45, 7) is 2.70. The first-order chi connectivity index (χ1) is 7.26. The van der Waals surface area contributed by atoms with Crippen molar-refractivity contribution < 1.29 is 9.15 Å². The molecule has 0 saturated carbocycles. The molecule has 15 heavy (non-hydrogen) atoms. The van der Waals surface area contributed by atoms with Crippen molar-refractivity contribution in [2.24, 2.45) is 5.73 Å². The van der Waals surface area contributed by atoms with Gasteiger partial charge in [-0.25, -0.2) is 0 Å². The Balaban J connectivity index is 2.59. The molecular formula is C12H15NO2. The minimum Gasteiger partial charge on any atom is -0.496 e. The molecule has 0 aliphatic carbocycles. The molecule has 0 bridgehead atoms. The number of methoxy groups -OCH3 is 1. The Morgan fingerprint density at radius 3 is 2.93 bits per heavy atom. The van der Waals surface area contributed by atoms with Crippen molar-refractivity contribution in [1.29, 1.82) is 0 Å². The average molecular weight is 205 g/mol. The first-order valence-electron chi connectivity index (χ1n) is 5.01. The first kappa shape index (κ1) is 10.1. The van der Waals surface area contributed by atoms with Crippen LogP contribution in [-0.4, -0.2) is 13.7 Å². The van der Waals surface area contributed by atoms with Crippen LogP contribution in [0.4, 0.5) is 0 Å². The molecule has 1 unspecified atom stereocenters. The third-order valence-corrected chi connectivity index (χ3v) is 2.69. The van der Waals surface area contributed by atoms with Gasteiger partial charge in [-0.1, -0.05) is 6.92 Å². The van der Waals surface area contributed by atoms with E-state index in [1.165, 1.54) is 0 Å². The van der Waals surface area contributed by atoms with Gasteiger partial charge in [0.15, 0.2) is 0 Å². The first-order valence-corrected chi connectivity index (χ1v) is 5.01. The fourth-order valence-corrected chi connectivity index (χ4v) is 1.70. The predicted molar refractivity (Wildman–Crippen MR) is 60.2 cm³/mol. The zero-order valence-corrected chi connectivity index (χ0v) is 8.99. The topological polar surface area (TPSA) is 48.4 Å². The summed E-state index contributed by atoms with van der Waals surface area (Å²) in [6.07, 6.45) is 1.68. The van der Waals surface area contributed by atoms with Gasteiger partial charge in [-0.3, -0.25) is 0 Å². The standard InChI is InChI=1S/C12H15NO2/c1-8(7-13)10-5-9-3-4-15-11(9)6-12(10)14-2/h3-6,8H,7,13H2,1-2H3. The summed E-state index contributed by atoms with van der Waals surface area (Å²) in [4.78, 5) is 0. The average Bonchev–Trinajstić information content (AvgIpc) is 2.73. The molecule has 80 valence electrons. The second-order valence-corrected chi connectivity index (χ2v) is 3.69. The third-order valence-electron chi connectivity index (χ3n) is 2.69. The molecule has 0 amide bonds. The minimum atomic E-state index is 0.291. The monoisotopic (exact) mass is 205 g/mol. The summed E-state index contributed by atoms with van der Waals surface area (Å²) in [6, 6.07) is 5.94. The fourth-order valence-electron chi connectivity index (χ4n) is 1.70. The lowest BCUT2D eigenvalue weighted by molar-refractivity contribution is 0.406. The third kappa shape index (κ3) is 1.70. The number of nitrogens with two attached hydrogens (primary N) is 1. The van der Waals surface area contributed by atoms with Gasteiger partial charge in [0.25, 0.3) is 0 Å². The van der Waals surface area contributed by atoms with Crippen LogP contribution in [-0.2, 0) is 0 Å².